The van der Waals surface area contributed by atoms with Crippen LogP contribution in [0.3, 0.4) is 0 Å². The molecule has 3 rings (SSSR count). The Morgan fingerprint density at radius 1 is 1.00 bits per heavy atom. The number of hydrogen-bond acceptors (Lipinski definition) is 5. The number of amides is 1. The van der Waals surface area contributed by atoms with Crippen molar-refractivity contribution >= 4 is 22.9 Å². The highest BCUT2D eigenvalue weighted by Gasteiger charge is 2.15. The third kappa shape index (κ3) is 4.88. The molecule has 0 bridgehead atoms. The first-order valence-electron chi connectivity index (χ1n) is 8.76. The second kappa shape index (κ2) is 8.40. The number of fused-ring (bicyclic) bond motifs is 1. The van der Waals surface area contributed by atoms with Crippen LogP contribution in [0, 0.1) is 6.92 Å². The van der Waals surface area contributed by atoms with Crippen molar-refractivity contribution in [3.8, 4) is 0 Å². The Labute approximate surface area is 157 Å². The topological polar surface area (TPSA) is 81.2 Å². The first kappa shape index (κ1) is 18.5. The number of nitrogens with one attached hydrogen (secondary N) is 1. The molecule has 0 saturated heterocycles. The Morgan fingerprint density at radius 2 is 1.63 bits per heavy atom. The van der Waals surface area contributed by atoms with E-state index in [4.69, 9.17) is 4.74 Å². The number of ether oxygens (including phenoxy) is 1. The summed E-state index contributed by atoms with van der Waals surface area (Å²) >= 11 is 0. The van der Waals surface area contributed by atoms with Gasteiger partial charge in [-0.2, -0.15) is 0 Å². The zero-order chi connectivity index (χ0) is 19.2. The Kier molecular flexibility index (Phi) is 5.76. The fourth-order valence-electron chi connectivity index (χ4n) is 2.67. The standard InChI is InChI=1S/C21H21N3O3/c1-14(22-21(26)16-8-4-3-5-9-16)12-20(25)27-13-19-15(2)23-17-10-6-7-11-18(17)24-19/h3-11,14H,12-13H2,1-2H3,(H,22,26)/t14-/m0/s1. The minimum atomic E-state index is -0.398. The Hall–Kier alpha value is -3.28. The van der Waals surface area contributed by atoms with Gasteiger partial charge >= 0.3 is 5.97 Å². The van der Waals surface area contributed by atoms with E-state index in [9.17, 15) is 9.59 Å². The predicted molar refractivity (Wildman–Crippen MR) is 102 cm³/mol. The van der Waals surface area contributed by atoms with Gasteiger partial charge in [-0.15, -0.1) is 0 Å². The summed E-state index contributed by atoms with van der Waals surface area (Å²) in [6.45, 7) is 3.66. The van der Waals surface area contributed by atoms with Crippen LogP contribution in [0.25, 0.3) is 11.0 Å². The Balaban J connectivity index is 1.53. The minimum absolute atomic E-state index is 0.0574. The maximum Gasteiger partial charge on any atom is 0.308 e. The molecule has 1 N–H and O–H groups in total. The highest BCUT2D eigenvalue weighted by molar-refractivity contribution is 5.94. The van der Waals surface area contributed by atoms with Gasteiger partial charge in [0.25, 0.3) is 5.91 Å². The first-order chi connectivity index (χ1) is 13.0. The first-order valence-corrected chi connectivity index (χ1v) is 8.76. The van der Waals surface area contributed by atoms with E-state index in [2.05, 4.69) is 15.3 Å². The van der Waals surface area contributed by atoms with E-state index in [0.29, 0.717) is 11.3 Å². The highest BCUT2D eigenvalue weighted by atomic mass is 16.5. The van der Waals surface area contributed by atoms with Crippen molar-refractivity contribution in [3.63, 3.8) is 0 Å². The number of rotatable bonds is 6. The molecule has 0 unspecified atom stereocenters. The van der Waals surface area contributed by atoms with Crippen LogP contribution in [0.5, 0.6) is 0 Å². The summed E-state index contributed by atoms with van der Waals surface area (Å²) in [5.41, 5.74) is 3.48. The number of carbonyl (C=O) groups excluding carboxylic acids is 2. The average Bonchev–Trinajstić information content (AvgIpc) is 2.66. The fourth-order valence-corrected chi connectivity index (χ4v) is 2.67. The highest BCUT2D eigenvalue weighted by Crippen LogP contribution is 2.13. The molecule has 1 amide bonds. The van der Waals surface area contributed by atoms with Gasteiger partial charge in [0.2, 0.25) is 0 Å². The molecule has 2 aromatic carbocycles. The number of nitrogens with zero attached hydrogens (tertiary/aromatic N) is 2. The molecule has 0 aliphatic rings. The van der Waals surface area contributed by atoms with E-state index in [-0.39, 0.29) is 25.0 Å². The van der Waals surface area contributed by atoms with Crippen molar-refractivity contribution in [2.24, 2.45) is 0 Å². The number of esters is 1. The minimum Gasteiger partial charge on any atom is -0.459 e. The second-order valence-corrected chi connectivity index (χ2v) is 6.35. The molecule has 0 spiro atoms. The number of aryl methyl sites for hydroxylation is 1. The van der Waals surface area contributed by atoms with E-state index in [1.54, 1.807) is 31.2 Å². The molecule has 1 atom stereocenters. The van der Waals surface area contributed by atoms with Crippen LogP contribution >= 0.6 is 0 Å². The van der Waals surface area contributed by atoms with Gasteiger partial charge in [-0.05, 0) is 38.1 Å². The summed E-state index contributed by atoms with van der Waals surface area (Å²) < 4.78 is 5.32. The molecule has 6 heteroatoms. The molecule has 3 aromatic rings. The van der Waals surface area contributed by atoms with E-state index >= 15 is 0 Å². The van der Waals surface area contributed by atoms with Gasteiger partial charge in [-0.25, -0.2) is 9.97 Å². The van der Waals surface area contributed by atoms with E-state index in [1.165, 1.54) is 0 Å². The van der Waals surface area contributed by atoms with Gasteiger partial charge in [0.1, 0.15) is 6.61 Å². The molecule has 138 valence electrons. The van der Waals surface area contributed by atoms with Gasteiger partial charge in [0.15, 0.2) is 0 Å². The van der Waals surface area contributed by atoms with Crippen LogP contribution in [0.4, 0.5) is 0 Å². The lowest BCUT2D eigenvalue weighted by Gasteiger charge is -2.14. The van der Waals surface area contributed by atoms with Gasteiger partial charge in [-0.3, -0.25) is 9.59 Å². The molecule has 6 nitrogen and oxygen atoms in total. The van der Waals surface area contributed by atoms with Crippen molar-refractivity contribution in [2.75, 3.05) is 0 Å². The quantitative estimate of drug-likeness (QED) is 0.680. The lowest BCUT2D eigenvalue weighted by atomic mass is 10.2. The van der Waals surface area contributed by atoms with Gasteiger partial charge in [0, 0.05) is 11.6 Å². The van der Waals surface area contributed by atoms with Crippen molar-refractivity contribution in [2.45, 2.75) is 32.9 Å². The summed E-state index contributed by atoms with van der Waals surface area (Å²) in [7, 11) is 0. The van der Waals surface area contributed by atoms with Crippen LogP contribution in [0.2, 0.25) is 0 Å². The zero-order valence-electron chi connectivity index (χ0n) is 15.3. The zero-order valence-corrected chi connectivity index (χ0v) is 15.3. The fraction of sp³-hybridized carbons (Fsp3) is 0.238. The van der Waals surface area contributed by atoms with Gasteiger partial charge < -0.3 is 10.1 Å². The van der Waals surface area contributed by atoms with Crippen molar-refractivity contribution < 1.29 is 14.3 Å². The van der Waals surface area contributed by atoms with Crippen molar-refractivity contribution in [1.29, 1.82) is 0 Å². The van der Waals surface area contributed by atoms with Crippen LogP contribution in [-0.4, -0.2) is 27.9 Å². The maximum atomic E-state index is 12.1. The summed E-state index contributed by atoms with van der Waals surface area (Å²) in [5, 5.41) is 2.79. The monoisotopic (exact) mass is 363 g/mol. The third-order valence-corrected chi connectivity index (χ3v) is 4.10. The van der Waals surface area contributed by atoms with E-state index in [1.807, 2.05) is 37.3 Å². The van der Waals surface area contributed by atoms with Gasteiger partial charge in [-0.1, -0.05) is 30.3 Å². The Bertz CT molecular complexity index is 957. The van der Waals surface area contributed by atoms with E-state index in [0.717, 1.165) is 16.7 Å². The molecule has 0 aliphatic carbocycles. The van der Waals surface area contributed by atoms with Crippen molar-refractivity contribution in [1.82, 2.24) is 15.3 Å². The molecular formula is C21H21N3O3. The number of carbonyl (C=O) groups is 2. The van der Waals surface area contributed by atoms with Gasteiger partial charge in [0.05, 0.1) is 28.8 Å². The molecule has 0 saturated carbocycles. The molecule has 27 heavy (non-hydrogen) atoms. The lowest BCUT2D eigenvalue weighted by molar-refractivity contribution is -0.145. The summed E-state index contributed by atoms with van der Waals surface area (Å²) in [6, 6.07) is 16.1. The predicted octanol–water partition coefficient (Wildman–Crippen LogP) is 3.19. The lowest BCUT2D eigenvalue weighted by Crippen LogP contribution is -2.34. The molecule has 0 fully saturated rings. The average molecular weight is 363 g/mol. The largest absolute Gasteiger partial charge is 0.459 e. The Morgan fingerprint density at radius 3 is 2.33 bits per heavy atom. The smallest absolute Gasteiger partial charge is 0.308 e. The van der Waals surface area contributed by atoms with Crippen molar-refractivity contribution in [3.05, 3.63) is 71.5 Å². The summed E-state index contributed by atoms with van der Waals surface area (Å²) in [4.78, 5) is 33.2. The van der Waals surface area contributed by atoms with Crippen LogP contribution < -0.4 is 5.32 Å². The number of para-hydroxylation sites is 2. The summed E-state index contributed by atoms with van der Waals surface area (Å²) in [5.74, 6) is -0.614. The number of hydrogen-bond donors (Lipinski definition) is 1. The molecule has 0 radical (unpaired) electrons. The number of aromatic nitrogens is 2. The van der Waals surface area contributed by atoms with Crippen LogP contribution in [0.15, 0.2) is 54.6 Å². The SMILES string of the molecule is Cc1nc2ccccc2nc1COC(=O)C[C@H](C)NC(=O)c1ccccc1. The van der Waals surface area contributed by atoms with E-state index < -0.39 is 5.97 Å². The summed E-state index contributed by atoms with van der Waals surface area (Å²) in [6.07, 6.45) is 0.0820. The van der Waals surface area contributed by atoms with Crippen LogP contribution in [0.1, 0.15) is 35.1 Å². The number of benzene rings is 2. The third-order valence-electron chi connectivity index (χ3n) is 4.10. The normalized spacial score (nSPS) is 11.8. The molecule has 1 heterocycles. The molecular weight excluding hydrogens is 342 g/mol. The second-order valence-electron chi connectivity index (χ2n) is 6.35. The van der Waals surface area contributed by atoms with Crippen LogP contribution in [-0.2, 0) is 16.1 Å². The molecule has 1 aromatic heterocycles. The maximum absolute atomic E-state index is 12.1. The molecule has 0 aliphatic heterocycles.